The molecule has 28 heavy (non-hydrogen) atoms. The molecule has 0 saturated heterocycles. The summed E-state index contributed by atoms with van der Waals surface area (Å²) in [5.41, 5.74) is 0.476. The van der Waals surface area contributed by atoms with Gasteiger partial charge in [0, 0.05) is 13.0 Å². The van der Waals surface area contributed by atoms with Crippen LogP contribution in [0.5, 0.6) is 0 Å². The molecule has 2 aromatic carbocycles. The summed E-state index contributed by atoms with van der Waals surface area (Å²) in [6.45, 7) is 3.55. The lowest BCUT2D eigenvalue weighted by Crippen LogP contribution is -2.34. The number of hydrogen-bond acceptors (Lipinski definition) is 5. The van der Waals surface area contributed by atoms with E-state index in [4.69, 9.17) is 4.74 Å². The smallest absolute Gasteiger partial charge is 0.337 e. The highest BCUT2D eigenvalue weighted by Gasteiger charge is 2.29. The molecule has 7 nitrogen and oxygen atoms in total. The number of aryl methyl sites for hydroxylation is 1. The van der Waals surface area contributed by atoms with Crippen LogP contribution in [0.4, 0.5) is 5.69 Å². The molecule has 0 aliphatic rings. The summed E-state index contributed by atoms with van der Waals surface area (Å²) >= 11 is 0. The largest absolute Gasteiger partial charge is 0.478 e. The van der Waals surface area contributed by atoms with Crippen molar-refractivity contribution in [2.45, 2.75) is 31.6 Å². The fraction of sp³-hybridized carbons (Fsp3) is 0.300. The number of benzene rings is 2. The number of nitrogens with zero attached hydrogens (tertiary/aromatic N) is 1. The number of para-hydroxylation sites is 1. The molecular formula is C20H23NO6S. The molecule has 0 saturated carbocycles. The van der Waals surface area contributed by atoms with Crippen LogP contribution in [0.25, 0.3) is 0 Å². The average molecular weight is 405 g/mol. The fourth-order valence-electron chi connectivity index (χ4n) is 2.81. The van der Waals surface area contributed by atoms with Gasteiger partial charge in [-0.1, -0.05) is 30.3 Å². The predicted molar refractivity (Wildman–Crippen MR) is 105 cm³/mol. The van der Waals surface area contributed by atoms with Crippen LogP contribution < -0.4 is 4.31 Å². The molecule has 0 aromatic heterocycles. The Hall–Kier alpha value is -2.87. The van der Waals surface area contributed by atoms with E-state index >= 15 is 0 Å². The lowest BCUT2D eigenvalue weighted by atomic mass is 10.1. The Morgan fingerprint density at radius 1 is 1.07 bits per heavy atom. The summed E-state index contributed by atoms with van der Waals surface area (Å²) in [4.78, 5) is 23.3. The predicted octanol–water partition coefficient (Wildman–Crippen LogP) is 3.23. The number of carboxylic acids is 1. The first kappa shape index (κ1) is 21.4. The van der Waals surface area contributed by atoms with E-state index in [-0.39, 0.29) is 42.1 Å². The van der Waals surface area contributed by atoms with Gasteiger partial charge in [-0.15, -0.1) is 0 Å². The molecule has 0 unspecified atom stereocenters. The number of anilines is 1. The van der Waals surface area contributed by atoms with E-state index in [9.17, 15) is 23.1 Å². The van der Waals surface area contributed by atoms with Crippen LogP contribution in [0.2, 0.25) is 0 Å². The second-order valence-electron chi connectivity index (χ2n) is 6.07. The SMILES string of the molecule is CCOC(=O)CCCN(c1ccccc1C(=O)O)S(=O)(=O)c1ccccc1C. The number of hydrogen-bond donors (Lipinski definition) is 1. The standard InChI is InChI=1S/C20H23NO6S/c1-3-27-19(22)13-8-14-21(17-11-6-5-10-16(17)20(23)24)28(25,26)18-12-7-4-9-15(18)2/h4-7,9-12H,3,8,13-14H2,1-2H3,(H,23,24). The summed E-state index contributed by atoms with van der Waals surface area (Å²) in [6.07, 6.45) is 0.223. The van der Waals surface area contributed by atoms with Crippen LogP contribution in [0, 0.1) is 6.92 Å². The van der Waals surface area contributed by atoms with Gasteiger partial charge in [-0.25, -0.2) is 13.2 Å². The number of ether oxygens (including phenoxy) is 1. The van der Waals surface area contributed by atoms with E-state index in [1.54, 1.807) is 38.1 Å². The van der Waals surface area contributed by atoms with Crippen molar-refractivity contribution in [1.82, 2.24) is 0 Å². The van der Waals surface area contributed by atoms with Crippen molar-refractivity contribution in [1.29, 1.82) is 0 Å². The minimum atomic E-state index is -4.03. The third-order valence-corrected chi connectivity index (χ3v) is 6.09. The minimum absolute atomic E-state index is 0.0306. The normalized spacial score (nSPS) is 11.1. The van der Waals surface area contributed by atoms with E-state index < -0.39 is 22.0 Å². The van der Waals surface area contributed by atoms with Gasteiger partial charge in [0.2, 0.25) is 0 Å². The van der Waals surface area contributed by atoms with E-state index in [1.165, 1.54) is 24.3 Å². The molecular weight excluding hydrogens is 382 g/mol. The Labute approximate surface area is 164 Å². The van der Waals surface area contributed by atoms with Crippen LogP contribution in [0.15, 0.2) is 53.4 Å². The Kier molecular flexibility index (Phi) is 7.17. The van der Waals surface area contributed by atoms with Gasteiger partial charge in [-0.3, -0.25) is 9.10 Å². The number of rotatable bonds is 9. The molecule has 0 aliphatic carbocycles. The molecule has 0 atom stereocenters. The minimum Gasteiger partial charge on any atom is -0.478 e. The van der Waals surface area contributed by atoms with Gasteiger partial charge in [0.15, 0.2) is 0 Å². The highest BCUT2D eigenvalue weighted by molar-refractivity contribution is 7.92. The van der Waals surface area contributed by atoms with Crippen LogP contribution in [-0.2, 0) is 19.6 Å². The molecule has 8 heteroatoms. The van der Waals surface area contributed by atoms with Crippen LogP contribution in [-0.4, -0.2) is 38.6 Å². The third-order valence-electron chi connectivity index (χ3n) is 4.11. The molecule has 0 fully saturated rings. The molecule has 0 amide bonds. The monoisotopic (exact) mass is 405 g/mol. The topological polar surface area (TPSA) is 101 Å². The summed E-state index contributed by atoms with van der Waals surface area (Å²) in [5, 5.41) is 9.49. The molecule has 0 spiro atoms. The quantitative estimate of drug-likeness (QED) is 0.643. The van der Waals surface area contributed by atoms with Gasteiger partial charge < -0.3 is 9.84 Å². The average Bonchev–Trinajstić information content (AvgIpc) is 2.65. The lowest BCUT2D eigenvalue weighted by Gasteiger charge is -2.26. The highest BCUT2D eigenvalue weighted by atomic mass is 32.2. The van der Waals surface area contributed by atoms with E-state index in [2.05, 4.69) is 0 Å². The van der Waals surface area contributed by atoms with E-state index in [0.717, 1.165) is 4.31 Å². The maximum atomic E-state index is 13.3. The second kappa shape index (κ2) is 9.36. The third kappa shape index (κ3) is 4.89. The number of carboxylic acid groups (broad SMARTS) is 1. The van der Waals surface area contributed by atoms with Gasteiger partial charge in [-0.05, 0) is 44.0 Å². The van der Waals surface area contributed by atoms with Gasteiger partial charge in [-0.2, -0.15) is 0 Å². The Balaban J connectivity index is 2.47. The number of carbonyl (C=O) groups excluding carboxylic acids is 1. The Morgan fingerprint density at radius 3 is 2.36 bits per heavy atom. The van der Waals surface area contributed by atoms with Gasteiger partial charge in [0.25, 0.3) is 10.0 Å². The van der Waals surface area contributed by atoms with Crippen molar-refractivity contribution in [3.8, 4) is 0 Å². The molecule has 2 rings (SSSR count). The first-order chi connectivity index (χ1) is 13.3. The van der Waals surface area contributed by atoms with Crippen molar-refractivity contribution in [3.05, 3.63) is 59.7 Å². The van der Waals surface area contributed by atoms with Crippen molar-refractivity contribution in [2.24, 2.45) is 0 Å². The molecule has 0 bridgehead atoms. The maximum Gasteiger partial charge on any atom is 0.337 e. The summed E-state index contributed by atoms with van der Waals surface area (Å²) in [6, 6.07) is 12.4. The van der Waals surface area contributed by atoms with Crippen LogP contribution >= 0.6 is 0 Å². The fourth-order valence-corrected chi connectivity index (χ4v) is 4.56. The molecule has 0 radical (unpaired) electrons. The molecule has 0 heterocycles. The van der Waals surface area contributed by atoms with Crippen molar-refractivity contribution < 1.29 is 27.9 Å². The molecule has 0 aliphatic heterocycles. The number of aromatic carboxylic acids is 1. The highest BCUT2D eigenvalue weighted by Crippen LogP contribution is 2.29. The lowest BCUT2D eigenvalue weighted by molar-refractivity contribution is -0.143. The second-order valence-corrected chi connectivity index (χ2v) is 7.90. The Morgan fingerprint density at radius 2 is 1.71 bits per heavy atom. The number of esters is 1. The van der Waals surface area contributed by atoms with E-state index in [1.807, 2.05) is 0 Å². The zero-order valence-corrected chi connectivity index (χ0v) is 16.6. The van der Waals surface area contributed by atoms with Gasteiger partial charge in [0.05, 0.1) is 22.8 Å². The number of carbonyl (C=O) groups is 2. The van der Waals surface area contributed by atoms with E-state index in [0.29, 0.717) is 5.56 Å². The Bertz CT molecular complexity index is 955. The number of sulfonamides is 1. The van der Waals surface area contributed by atoms with Crippen LogP contribution in [0.1, 0.15) is 35.7 Å². The van der Waals surface area contributed by atoms with Gasteiger partial charge in [0.1, 0.15) is 0 Å². The summed E-state index contributed by atoms with van der Waals surface area (Å²) in [5.74, 6) is -1.66. The van der Waals surface area contributed by atoms with Gasteiger partial charge >= 0.3 is 11.9 Å². The maximum absolute atomic E-state index is 13.3. The summed E-state index contributed by atoms with van der Waals surface area (Å²) < 4.78 is 32.6. The van der Waals surface area contributed by atoms with Crippen molar-refractivity contribution >= 4 is 27.6 Å². The van der Waals surface area contributed by atoms with Crippen molar-refractivity contribution in [3.63, 3.8) is 0 Å². The zero-order chi connectivity index (χ0) is 20.7. The first-order valence-corrected chi connectivity index (χ1v) is 10.3. The summed E-state index contributed by atoms with van der Waals surface area (Å²) in [7, 11) is -4.03. The van der Waals surface area contributed by atoms with Crippen LogP contribution in [0.3, 0.4) is 0 Å². The molecule has 1 N–H and O–H groups in total. The van der Waals surface area contributed by atoms with Crippen molar-refractivity contribution in [2.75, 3.05) is 17.5 Å². The zero-order valence-electron chi connectivity index (χ0n) is 15.8. The first-order valence-electron chi connectivity index (χ1n) is 8.85. The molecule has 2 aromatic rings. The molecule has 150 valence electrons.